The fourth-order valence-electron chi connectivity index (χ4n) is 8.17. The van der Waals surface area contributed by atoms with Gasteiger partial charge in [0.1, 0.15) is 11.2 Å². The molecule has 2 atom stereocenters. The zero-order valence-corrected chi connectivity index (χ0v) is 28.5. The molecule has 0 amide bonds. The number of methoxy groups -OCH3 is 2. The highest BCUT2D eigenvalue weighted by Crippen LogP contribution is 2.65. The van der Waals surface area contributed by atoms with Crippen molar-refractivity contribution in [3.05, 3.63) is 177 Å². The van der Waals surface area contributed by atoms with Gasteiger partial charge in [-0.25, -0.2) is 0 Å². The highest BCUT2D eigenvalue weighted by Gasteiger charge is 2.63. The monoisotopic (exact) mass is 656 g/mol. The first-order valence-electron chi connectivity index (χ1n) is 16.8. The second-order valence-corrected chi connectivity index (χ2v) is 13.5. The first kappa shape index (κ1) is 31.6. The van der Waals surface area contributed by atoms with Crippen LogP contribution in [-0.4, -0.2) is 26.2 Å². The van der Waals surface area contributed by atoms with Gasteiger partial charge in [-0.15, -0.1) is 0 Å². The fraction of sp³-hybridized carbons (Fsp3) is 0.200. The lowest BCUT2D eigenvalue weighted by Crippen LogP contribution is -2.42. The van der Waals surface area contributed by atoms with Crippen LogP contribution in [0.3, 0.4) is 0 Å². The van der Waals surface area contributed by atoms with E-state index in [1.807, 2.05) is 67.6 Å². The van der Waals surface area contributed by atoms with Gasteiger partial charge in [0.25, 0.3) is 0 Å². The number of hydrogen-bond donors (Lipinski definition) is 0. The molecule has 3 aliphatic rings. The second-order valence-electron chi connectivity index (χ2n) is 13.5. The van der Waals surface area contributed by atoms with Crippen LogP contribution in [0.1, 0.15) is 55.6 Å². The average Bonchev–Trinajstić information content (AvgIpc) is 3.85. The van der Waals surface area contributed by atoms with Gasteiger partial charge in [-0.3, -0.25) is 9.59 Å². The Labute approximate surface area is 292 Å². The van der Waals surface area contributed by atoms with Crippen LogP contribution in [0.4, 0.5) is 0 Å². The molecule has 8 rings (SSSR count). The lowest BCUT2D eigenvalue weighted by atomic mass is 9.69. The molecule has 246 valence electrons. The first-order chi connectivity index (χ1) is 24.3. The number of fused-ring (bicyclic) bond motifs is 7. The van der Waals surface area contributed by atoms with Crippen LogP contribution in [0.15, 0.2) is 121 Å². The minimum atomic E-state index is -1.59. The molecule has 0 radical (unpaired) electrons. The lowest BCUT2D eigenvalue weighted by molar-refractivity contribution is -0.168. The van der Waals surface area contributed by atoms with Gasteiger partial charge in [-0.05, 0) is 65.9 Å². The summed E-state index contributed by atoms with van der Waals surface area (Å²) in [5, 5.41) is 0. The summed E-state index contributed by atoms with van der Waals surface area (Å²) in [4.78, 5) is 27.6. The highest BCUT2D eigenvalue weighted by atomic mass is 16.5. The van der Waals surface area contributed by atoms with E-state index in [1.54, 1.807) is 0 Å². The third kappa shape index (κ3) is 4.52. The Kier molecular flexibility index (Phi) is 7.40. The Balaban J connectivity index is 1.55. The lowest BCUT2D eigenvalue weighted by Gasteiger charge is -2.30. The third-order valence-electron chi connectivity index (χ3n) is 10.6. The molecular weight excluding hydrogens is 620 g/mol. The van der Waals surface area contributed by atoms with Crippen molar-refractivity contribution in [1.29, 1.82) is 0 Å². The quantitative estimate of drug-likeness (QED) is 0.0834. The topological polar surface area (TPSA) is 61.8 Å². The van der Waals surface area contributed by atoms with Crippen LogP contribution in [0.25, 0.3) is 11.1 Å². The molecule has 2 heterocycles. The maximum Gasteiger partial charge on any atom is 0.323 e. The van der Waals surface area contributed by atoms with Crippen LogP contribution < -0.4 is 0 Å². The summed E-state index contributed by atoms with van der Waals surface area (Å²) in [6.07, 6.45) is 4.49. The SMILES string of the molecule is COC(=O)C1(C(=O)OC)Cc2c(C#Cc3ccc(C)cc3)c(-c3ccc(C)cc3)c3c(c2C1)C1(c2ccccc2)C=CC3(c2ccccc2)O1. The molecule has 0 saturated carbocycles. The molecule has 5 aromatic carbocycles. The van der Waals surface area contributed by atoms with Gasteiger partial charge >= 0.3 is 11.9 Å². The van der Waals surface area contributed by atoms with E-state index >= 15 is 0 Å². The molecule has 0 aromatic heterocycles. The molecule has 0 spiro atoms. The van der Waals surface area contributed by atoms with Crippen LogP contribution in [-0.2, 0) is 47.8 Å². The molecule has 0 fully saturated rings. The Morgan fingerprint density at radius 3 is 1.66 bits per heavy atom. The third-order valence-corrected chi connectivity index (χ3v) is 10.6. The smallest absolute Gasteiger partial charge is 0.323 e. The summed E-state index contributed by atoms with van der Waals surface area (Å²) < 4.78 is 18.2. The van der Waals surface area contributed by atoms with Gasteiger partial charge in [0, 0.05) is 40.7 Å². The molecule has 1 aliphatic carbocycles. The number of benzene rings is 5. The fourth-order valence-corrected chi connectivity index (χ4v) is 8.17. The van der Waals surface area contributed by atoms with Gasteiger partial charge in [0.05, 0.1) is 14.2 Å². The van der Waals surface area contributed by atoms with E-state index in [2.05, 4.69) is 79.4 Å². The van der Waals surface area contributed by atoms with Crippen LogP contribution in [0, 0.1) is 31.1 Å². The zero-order chi connectivity index (χ0) is 34.7. The maximum absolute atomic E-state index is 13.8. The number of aryl methyl sites for hydroxylation is 2. The predicted molar refractivity (Wildman–Crippen MR) is 192 cm³/mol. The number of carbonyl (C=O) groups is 2. The Morgan fingerprint density at radius 1 is 0.620 bits per heavy atom. The largest absolute Gasteiger partial charge is 0.468 e. The van der Waals surface area contributed by atoms with Gasteiger partial charge in [-0.2, -0.15) is 0 Å². The standard InChI is InChI=1S/C45H36O5/c1-29-15-19-31(20-16-29)21-24-35-36-27-43(41(46)48-3,42(47)49-4)28-37(36)39-40(38(35)32-22-17-30(2)18-23-32)45(34-13-9-6-10-14-34)26-25-44(39,50-45)33-11-7-5-8-12-33/h5-20,22-23,25-26H,27-28H2,1-4H3. The molecule has 5 heteroatoms. The number of esters is 2. The minimum absolute atomic E-state index is 0.0820. The van der Waals surface area contributed by atoms with E-state index in [9.17, 15) is 9.59 Å². The van der Waals surface area contributed by atoms with Crippen molar-refractivity contribution in [1.82, 2.24) is 0 Å². The van der Waals surface area contributed by atoms with Crippen LogP contribution in [0.2, 0.25) is 0 Å². The Hall–Kier alpha value is -5.70. The number of ether oxygens (including phenoxy) is 3. The van der Waals surface area contributed by atoms with E-state index in [0.717, 1.165) is 66.8 Å². The number of rotatable bonds is 5. The summed E-state index contributed by atoms with van der Waals surface area (Å²) in [6.45, 7) is 4.12. The van der Waals surface area contributed by atoms with Crippen molar-refractivity contribution < 1.29 is 23.8 Å². The van der Waals surface area contributed by atoms with E-state index in [1.165, 1.54) is 14.2 Å². The van der Waals surface area contributed by atoms with Crippen molar-refractivity contribution >= 4 is 11.9 Å². The molecule has 2 bridgehead atoms. The Bertz CT molecular complexity index is 2240. The average molecular weight is 657 g/mol. The summed E-state index contributed by atoms with van der Waals surface area (Å²) >= 11 is 0. The Morgan fingerprint density at radius 2 is 1.12 bits per heavy atom. The molecule has 50 heavy (non-hydrogen) atoms. The van der Waals surface area contributed by atoms with Gasteiger partial charge < -0.3 is 14.2 Å². The highest BCUT2D eigenvalue weighted by molar-refractivity contribution is 6.02. The number of carbonyl (C=O) groups excluding carboxylic acids is 2. The van der Waals surface area contributed by atoms with Gasteiger partial charge in [0.15, 0.2) is 5.41 Å². The molecular formula is C45H36O5. The van der Waals surface area contributed by atoms with Crippen molar-refractivity contribution in [2.45, 2.75) is 37.9 Å². The maximum atomic E-state index is 13.8. The summed E-state index contributed by atoms with van der Waals surface area (Å²) in [5.41, 5.74) is 7.77. The summed E-state index contributed by atoms with van der Waals surface area (Å²) in [6, 6.07) is 37.0. The molecule has 0 N–H and O–H groups in total. The van der Waals surface area contributed by atoms with E-state index in [-0.39, 0.29) is 12.8 Å². The molecule has 2 aliphatic heterocycles. The van der Waals surface area contributed by atoms with Crippen molar-refractivity contribution in [2.24, 2.45) is 5.41 Å². The minimum Gasteiger partial charge on any atom is -0.468 e. The van der Waals surface area contributed by atoms with Gasteiger partial charge in [0.2, 0.25) is 0 Å². The van der Waals surface area contributed by atoms with E-state index in [0.29, 0.717) is 0 Å². The summed E-state index contributed by atoms with van der Waals surface area (Å²) in [7, 11) is 2.64. The first-order valence-corrected chi connectivity index (χ1v) is 16.8. The molecule has 5 aromatic rings. The van der Waals surface area contributed by atoms with E-state index < -0.39 is 28.6 Å². The van der Waals surface area contributed by atoms with E-state index in [4.69, 9.17) is 14.2 Å². The van der Waals surface area contributed by atoms with Crippen LogP contribution >= 0.6 is 0 Å². The van der Waals surface area contributed by atoms with Gasteiger partial charge in [-0.1, -0.05) is 120 Å². The predicted octanol–water partition coefficient (Wildman–Crippen LogP) is 7.89. The zero-order valence-electron chi connectivity index (χ0n) is 28.5. The molecule has 2 unspecified atom stereocenters. The van der Waals surface area contributed by atoms with Crippen molar-refractivity contribution in [3.63, 3.8) is 0 Å². The second kappa shape index (κ2) is 11.7. The number of hydrogen-bond acceptors (Lipinski definition) is 5. The summed E-state index contributed by atoms with van der Waals surface area (Å²) in [5.74, 6) is 5.77. The van der Waals surface area contributed by atoms with Crippen LogP contribution in [0.5, 0.6) is 0 Å². The normalized spacial score (nSPS) is 20.4. The van der Waals surface area contributed by atoms with Crippen molar-refractivity contribution in [3.8, 4) is 23.0 Å². The van der Waals surface area contributed by atoms with Crippen molar-refractivity contribution in [2.75, 3.05) is 14.2 Å². The molecule has 5 nitrogen and oxygen atoms in total. The molecule has 0 saturated heterocycles.